The van der Waals surface area contributed by atoms with Gasteiger partial charge in [0.25, 0.3) is 0 Å². The lowest BCUT2D eigenvalue weighted by molar-refractivity contribution is -0.147. The number of hydrogen-bond acceptors (Lipinski definition) is 5. The average Bonchev–Trinajstić information content (AvgIpc) is 3.68. The molecule has 0 aromatic heterocycles. The number of carboxylic acid groups (broad SMARTS) is 1. The maximum atomic E-state index is 15.5. The Bertz CT molecular complexity index is 1110. The topological polar surface area (TPSA) is 94.1 Å². The number of ether oxygens (including phenoxy) is 3. The summed E-state index contributed by atoms with van der Waals surface area (Å²) in [5.41, 5.74) is 2.72. The number of amides is 1. The average molecular weight is 486 g/mol. The van der Waals surface area contributed by atoms with Crippen molar-refractivity contribution in [3.05, 3.63) is 41.2 Å². The highest BCUT2D eigenvalue weighted by atomic mass is 19.1. The molecule has 0 bridgehead atoms. The minimum absolute atomic E-state index is 0.114. The van der Waals surface area contributed by atoms with E-state index < -0.39 is 23.6 Å². The molecule has 2 atom stereocenters. The van der Waals surface area contributed by atoms with Crippen molar-refractivity contribution in [2.45, 2.75) is 58.2 Å². The molecule has 2 aliphatic carbocycles. The monoisotopic (exact) mass is 485 g/mol. The highest BCUT2D eigenvalue weighted by Gasteiger charge is 2.35. The van der Waals surface area contributed by atoms with Gasteiger partial charge < -0.3 is 24.6 Å². The van der Waals surface area contributed by atoms with Crippen LogP contribution in [-0.4, -0.2) is 37.3 Å². The quantitative estimate of drug-likeness (QED) is 0.499. The van der Waals surface area contributed by atoms with Gasteiger partial charge in [-0.15, -0.1) is 0 Å². The standard InChI is InChI=1S/C27H32FNO6/c1-15-23(33-2)13-22(24(28)25(15)34-3)19-11-8-17(12-16(19)14-35-18-9-10-18)29-26(30)20-6-4-5-7-21(20)27(31)32/h8,11-13,18,20-21H,4-7,9-10,14H2,1-3H3,(H,29,30)(H,31,32)/t20-,21-/m0/s1. The molecule has 7 nitrogen and oxygen atoms in total. The molecule has 0 unspecified atom stereocenters. The van der Waals surface area contributed by atoms with E-state index in [0.29, 0.717) is 46.5 Å². The first-order chi connectivity index (χ1) is 16.8. The zero-order valence-electron chi connectivity index (χ0n) is 20.4. The molecule has 0 radical (unpaired) electrons. The molecule has 4 rings (SSSR count). The summed E-state index contributed by atoms with van der Waals surface area (Å²) in [5.74, 6) is -2.37. The third-order valence-electron chi connectivity index (χ3n) is 6.93. The zero-order chi connectivity index (χ0) is 25.1. The third kappa shape index (κ3) is 5.42. The van der Waals surface area contributed by atoms with E-state index in [1.807, 2.05) is 0 Å². The zero-order valence-corrected chi connectivity index (χ0v) is 20.4. The molecule has 35 heavy (non-hydrogen) atoms. The molecule has 0 aliphatic heterocycles. The fourth-order valence-electron chi connectivity index (χ4n) is 4.82. The molecule has 1 amide bonds. The van der Waals surface area contributed by atoms with Crippen LogP contribution < -0.4 is 14.8 Å². The van der Waals surface area contributed by atoms with Crippen molar-refractivity contribution in [2.24, 2.45) is 11.8 Å². The van der Waals surface area contributed by atoms with Crippen LogP contribution in [0.25, 0.3) is 11.1 Å². The minimum atomic E-state index is -0.934. The number of carbonyl (C=O) groups excluding carboxylic acids is 1. The predicted molar refractivity (Wildman–Crippen MR) is 129 cm³/mol. The summed E-state index contributed by atoms with van der Waals surface area (Å²) in [7, 11) is 2.94. The number of nitrogens with one attached hydrogen (secondary N) is 1. The molecule has 2 saturated carbocycles. The van der Waals surface area contributed by atoms with Gasteiger partial charge in [0.2, 0.25) is 5.91 Å². The second kappa shape index (κ2) is 10.6. The van der Waals surface area contributed by atoms with Crippen molar-refractivity contribution in [2.75, 3.05) is 19.5 Å². The van der Waals surface area contributed by atoms with E-state index in [1.165, 1.54) is 14.2 Å². The van der Waals surface area contributed by atoms with E-state index in [-0.39, 0.29) is 24.4 Å². The summed E-state index contributed by atoms with van der Waals surface area (Å²) >= 11 is 0. The number of rotatable bonds is 9. The van der Waals surface area contributed by atoms with Gasteiger partial charge in [0.1, 0.15) is 5.75 Å². The molecule has 2 aromatic rings. The molecule has 2 N–H and O–H groups in total. The lowest BCUT2D eigenvalue weighted by Gasteiger charge is -2.27. The number of aliphatic carboxylic acids is 1. The fourth-order valence-corrected chi connectivity index (χ4v) is 4.82. The number of halogens is 1. The summed E-state index contributed by atoms with van der Waals surface area (Å²) in [4.78, 5) is 24.6. The van der Waals surface area contributed by atoms with Gasteiger partial charge in [-0.25, -0.2) is 4.39 Å². The van der Waals surface area contributed by atoms with Crippen LogP contribution >= 0.6 is 0 Å². The maximum Gasteiger partial charge on any atom is 0.307 e. The van der Waals surface area contributed by atoms with Gasteiger partial charge in [0, 0.05) is 16.8 Å². The van der Waals surface area contributed by atoms with Gasteiger partial charge in [0.15, 0.2) is 11.6 Å². The molecule has 0 heterocycles. The third-order valence-corrected chi connectivity index (χ3v) is 6.93. The van der Waals surface area contributed by atoms with Crippen LogP contribution in [0.2, 0.25) is 0 Å². The number of hydrogen-bond donors (Lipinski definition) is 2. The molecule has 0 saturated heterocycles. The Morgan fingerprint density at radius 1 is 1.03 bits per heavy atom. The van der Waals surface area contributed by atoms with Crippen molar-refractivity contribution in [3.63, 3.8) is 0 Å². The van der Waals surface area contributed by atoms with Crippen LogP contribution in [0.5, 0.6) is 11.5 Å². The molecule has 0 spiro atoms. The van der Waals surface area contributed by atoms with Gasteiger partial charge in [0.05, 0.1) is 38.8 Å². The SMILES string of the molecule is COc1cc(-c2ccc(NC(=O)[C@H]3CCCC[C@@H]3C(=O)O)cc2COC2CC2)c(F)c(OC)c1C. The first kappa shape index (κ1) is 25.0. The predicted octanol–water partition coefficient (Wildman–Crippen LogP) is 5.33. The highest BCUT2D eigenvalue weighted by molar-refractivity contribution is 5.95. The van der Waals surface area contributed by atoms with Gasteiger partial charge in [-0.1, -0.05) is 18.9 Å². The van der Waals surface area contributed by atoms with Crippen LogP contribution in [0.4, 0.5) is 10.1 Å². The fraction of sp³-hybridized carbons (Fsp3) is 0.481. The maximum absolute atomic E-state index is 15.5. The normalized spacial score (nSPS) is 19.8. The number of anilines is 1. The van der Waals surface area contributed by atoms with Crippen LogP contribution in [0.3, 0.4) is 0 Å². The molecule has 2 aromatic carbocycles. The van der Waals surface area contributed by atoms with Crippen molar-refractivity contribution in [1.82, 2.24) is 0 Å². The Labute approximate surface area is 204 Å². The summed E-state index contributed by atoms with van der Waals surface area (Å²) < 4.78 is 32.1. The molecule has 2 fully saturated rings. The Morgan fingerprint density at radius 2 is 1.74 bits per heavy atom. The minimum Gasteiger partial charge on any atom is -0.496 e. The van der Waals surface area contributed by atoms with Crippen LogP contribution in [-0.2, 0) is 20.9 Å². The molecular formula is C27H32FNO6. The van der Waals surface area contributed by atoms with Crippen LogP contribution in [0.15, 0.2) is 24.3 Å². The Kier molecular flexibility index (Phi) is 7.60. The van der Waals surface area contributed by atoms with E-state index in [1.54, 1.807) is 31.2 Å². The first-order valence-electron chi connectivity index (χ1n) is 12.0. The Hall–Kier alpha value is -3.13. The second-order valence-electron chi connectivity index (χ2n) is 9.31. The number of carbonyl (C=O) groups is 2. The summed E-state index contributed by atoms with van der Waals surface area (Å²) in [6, 6.07) is 6.85. The largest absolute Gasteiger partial charge is 0.496 e. The summed E-state index contributed by atoms with van der Waals surface area (Å²) in [5, 5.41) is 12.4. The molecule has 188 valence electrons. The number of methoxy groups -OCH3 is 2. The lowest BCUT2D eigenvalue weighted by atomic mass is 9.78. The molecule has 2 aliphatic rings. The van der Waals surface area contributed by atoms with Gasteiger partial charge in [-0.05, 0) is 61.9 Å². The molecule has 8 heteroatoms. The van der Waals surface area contributed by atoms with Crippen molar-refractivity contribution >= 4 is 17.6 Å². The van der Waals surface area contributed by atoms with E-state index in [9.17, 15) is 14.7 Å². The number of benzene rings is 2. The second-order valence-corrected chi connectivity index (χ2v) is 9.31. The summed E-state index contributed by atoms with van der Waals surface area (Å²) in [6.45, 7) is 1.98. The Morgan fingerprint density at radius 3 is 2.37 bits per heavy atom. The van der Waals surface area contributed by atoms with Crippen molar-refractivity contribution in [3.8, 4) is 22.6 Å². The summed E-state index contributed by atoms with van der Waals surface area (Å²) in [6.07, 6.45) is 4.86. The van der Waals surface area contributed by atoms with Crippen molar-refractivity contribution in [1.29, 1.82) is 0 Å². The first-order valence-corrected chi connectivity index (χ1v) is 12.0. The highest BCUT2D eigenvalue weighted by Crippen LogP contribution is 2.40. The van der Waals surface area contributed by atoms with E-state index in [4.69, 9.17) is 14.2 Å². The van der Waals surface area contributed by atoms with E-state index in [0.717, 1.165) is 25.7 Å². The van der Waals surface area contributed by atoms with Gasteiger partial charge in [-0.3, -0.25) is 9.59 Å². The van der Waals surface area contributed by atoms with E-state index >= 15 is 4.39 Å². The lowest BCUT2D eigenvalue weighted by Crippen LogP contribution is -2.36. The van der Waals surface area contributed by atoms with Crippen LogP contribution in [0, 0.1) is 24.6 Å². The van der Waals surface area contributed by atoms with Crippen molar-refractivity contribution < 1.29 is 33.3 Å². The smallest absolute Gasteiger partial charge is 0.307 e. The number of carboxylic acids is 1. The Balaban J connectivity index is 1.67. The molecular weight excluding hydrogens is 453 g/mol. The van der Waals surface area contributed by atoms with Gasteiger partial charge >= 0.3 is 5.97 Å². The van der Waals surface area contributed by atoms with Crippen LogP contribution in [0.1, 0.15) is 49.7 Å². The van der Waals surface area contributed by atoms with E-state index in [2.05, 4.69) is 5.32 Å². The van der Waals surface area contributed by atoms with Gasteiger partial charge in [-0.2, -0.15) is 0 Å².